The van der Waals surface area contributed by atoms with Gasteiger partial charge in [0.1, 0.15) is 0 Å². The molecule has 5 nitrogen and oxygen atoms in total. The van der Waals surface area contributed by atoms with E-state index in [4.69, 9.17) is 5.14 Å². The summed E-state index contributed by atoms with van der Waals surface area (Å²) in [7, 11) is -4.12. The van der Waals surface area contributed by atoms with Crippen LogP contribution in [0.1, 0.15) is 21.5 Å². The van der Waals surface area contributed by atoms with E-state index < -0.39 is 16.0 Å². The van der Waals surface area contributed by atoms with Crippen LogP contribution >= 0.6 is 23.5 Å². The number of carboxylic acid groups (broad SMARTS) is 1. The molecule has 0 amide bonds. The lowest BCUT2D eigenvalue weighted by Crippen LogP contribution is -2.15. The number of nitrogens with two attached hydrogens (primary N) is 1. The number of carboxylic acids is 1. The Hall–Kier alpha value is -2.26. The summed E-state index contributed by atoms with van der Waals surface area (Å²) < 4.78 is 24.5. The minimum Gasteiger partial charge on any atom is -0.478 e. The Kier molecular flexibility index (Phi) is 6.69. The molecule has 3 aromatic carbocycles. The first kappa shape index (κ1) is 21.4. The maximum atomic E-state index is 12.3. The monoisotopic (exact) mass is 445 g/mol. The number of benzene rings is 3. The van der Waals surface area contributed by atoms with Gasteiger partial charge in [0.2, 0.25) is 10.0 Å². The van der Waals surface area contributed by atoms with Crippen molar-refractivity contribution in [3.8, 4) is 0 Å². The van der Waals surface area contributed by atoms with Crippen molar-refractivity contribution < 1.29 is 18.3 Å². The lowest BCUT2D eigenvalue weighted by molar-refractivity contribution is 0.0696. The molecule has 8 heteroatoms. The zero-order valence-corrected chi connectivity index (χ0v) is 18.0. The molecule has 0 saturated carbocycles. The predicted octanol–water partition coefficient (Wildman–Crippen LogP) is 4.78. The maximum Gasteiger partial charge on any atom is 0.335 e. The number of aryl methyl sites for hydroxylation is 1. The molecule has 0 aliphatic rings. The van der Waals surface area contributed by atoms with Crippen molar-refractivity contribution in [1.82, 2.24) is 0 Å². The largest absolute Gasteiger partial charge is 0.478 e. The summed E-state index contributed by atoms with van der Waals surface area (Å²) in [6, 6.07) is 19.9. The third kappa shape index (κ3) is 5.63. The van der Waals surface area contributed by atoms with E-state index in [0.717, 1.165) is 22.1 Å². The molecule has 0 aromatic heterocycles. The molecule has 0 spiro atoms. The van der Waals surface area contributed by atoms with Crippen LogP contribution in [0.4, 0.5) is 0 Å². The molecule has 0 bridgehead atoms. The van der Waals surface area contributed by atoms with Crippen LogP contribution in [0.2, 0.25) is 0 Å². The molecule has 0 unspecified atom stereocenters. The summed E-state index contributed by atoms with van der Waals surface area (Å²) in [6.07, 6.45) is 0. The van der Waals surface area contributed by atoms with Gasteiger partial charge in [-0.05, 0) is 36.8 Å². The summed E-state index contributed by atoms with van der Waals surface area (Å²) in [5.74, 6) is -0.640. The Morgan fingerprint density at radius 2 is 1.69 bits per heavy atom. The van der Waals surface area contributed by atoms with Gasteiger partial charge in [-0.2, -0.15) is 0 Å². The number of aromatic carboxylic acids is 1. The molecule has 150 valence electrons. The standard InChI is InChI=1S/C21H19NO4S3/c1-14-7-9-17(10-8-14)28-20-18(27-13-15-5-3-2-4-6-15)11-16(21(23)24)12-19(20)29(22,25)26/h2-12H,13H2,1H3,(H,23,24)(H2,22,25,26). The molecule has 0 heterocycles. The Labute approximate surface area is 178 Å². The number of carbonyl (C=O) groups is 1. The SMILES string of the molecule is Cc1ccc(Sc2c(SCc3ccccc3)cc(C(=O)O)cc2S(N)(=O)=O)cc1. The molecule has 0 radical (unpaired) electrons. The minimum absolute atomic E-state index is 0.113. The molecular formula is C21H19NO4S3. The van der Waals surface area contributed by atoms with Gasteiger partial charge in [-0.25, -0.2) is 18.4 Å². The number of rotatable bonds is 7. The average Bonchev–Trinajstić information content (AvgIpc) is 2.68. The molecule has 0 aliphatic carbocycles. The lowest BCUT2D eigenvalue weighted by atomic mass is 10.2. The quantitative estimate of drug-likeness (QED) is 0.508. The second-order valence-corrected chi connectivity index (χ2v) is 9.97. The first-order valence-electron chi connectivity index (χ1n) is 8.59. The first-order valence-corrected chi connectivity index (χ1v) is 11.9. The van der Waals surface area contributed by atoms with Gasteiger partial charge in [0.15, 0.2) is 0 Å². The van der Waals surface area contributed by atoms with E-state index in [0.29, 0.717) is 15.5 Å². The topological polar surface area (TPSA) is 97.5 Å². The van der Waals surface area contributed by atoms with E-state index in [9.17, 15) is 18.3 Å². The number of hydrogen-bond donors (Lipinski definition) is 2. The fraction of sp³-hybridized carbons (Fsp3) is 0.0952. The van der Waals surface area contributed by atoms with Gasteiger partial charge in [0.05, 0.1) is 10.5 Å². The highest BCUT2D eigenvalue weighted by atomic mass is 32.2. The van der Waals surface area contributed by atoms with E-state index in [1.165, 1.54) is 29.6 Å². The van der Waals surface area contributed by atoms with Gasteiger partial charge in [0.25, 0.3) is 0 Å². The van der Waals surface area contributed by atoms with Gasteiger partial charge in [-0.3, -0.25) is 0 Å². The van der Waals surface area contributed by atoms with E-state index in [1.807, 2.05) is 61.5 Å². The van der Waals surface area contributed by atoms with E-state index in [1.54, 1.807) is 0 Å². The van der Waals surface area contributed by atoms with Crippen LogP contribution in [0.15, 0.2) is 86.3 Å². The molecule has 0 fully saturated rings. The normalized spacial score (nSPS) is 11.4. The molecule has 3 rings (SSSR count). The van der Waals surface area contributed by atoms with Gasteiger partial charge in [-0.1, -0.05) is 59.8 Å². The van der Waals surface area contributed by atoms with Gasteiger partial charge < -0.3 is 5.11 Å². The molecule has 3 N–H and O–H groups in total. The highest BCUT2D eigenvalue weighted by molar-refractivity contribution is 8.02. The maximum absolute atomic E-state index is 12.3. The summed E-state index contributed by atoms with van der Waals surface area (Å²) in [5, 5.41) is 14.9. The summed E-state index contributed by atoms with van der Waals surface area (Å²) in [5.41, 5.74) is 2.01. The van der Waals surface area contributed by atoms with E-state index >= 15 is 0 Å². The van der Waals surface area contributed by atoms with Crippen LogP contribution in [0, 0.1) is 6.92 Å². The highest BCUT2D eigenvalue weighted by Gasteiger charge is 2.22. The van der Waals surface area contributed by atoms with Crippen molar-refractivity contribution in [3.63, 3.8) is 0 Å². The fourth-order valence-corrected chi connectivity index (χ4v) is 5.87. The Balaban J connectivity index is 2.09. The smallest absolute Gasteiger partial charge is 0.335 e. The molecule has 3 aromatic rings. The first-order chi connectivity index (χ1) is 13.7. The molecule has 0 atom stereocenters. The molecular weight excluding hydrogens is 426 g/mol. The highest BCUT2D eigenvalue weighted by Crippen LogP contribution is 2.41. The van der Waals surface area contributed by atoms with Crippen LogP contribution < -0.4 is 5.14 Å². The van der Waals surface area contributed by atoms with Crippen LogP contribution in [0.25, 0.3) is 0 Å². The predicted molar refractivity (Wildman–Crippen MR) is 116 cm³/mol. The number of hydrogen-bond acceptors (Lipinski definition) is 5. The Morgan fingerprint density at radius 1 is 1.03 bits per heavy atom. The van der Waals surface area contributed by atoms with Crippen LogP contribution in [0.3, 0.4) is 0 Å². The summed E-state index contributed by atoms with van der Waals surface area (Å²) in [4.78, 5) is 13.2. The zero-order valence-electron chi connectivity index (χ0n) is 15.5. The molecule has 0 aliphatic heterocycles. The van der Waals surface area contributed by atoms with Crippen molar-refractivity contribution in [2.24, 2.45) is 5.14 Å². The number of sulfonamides is 1. The van der Waals surface area contributed by atoms with Crippen LogP contribution in [-0.4, -0.2) is 19.5 Å². The summed E-state index contributed by atoms with van der Waals surface area (Å²) >= 11 is 2.64. The van der Waals surface area contributed by atoms with Crippen LogP contribution in [-0.2, 0) is 15.8 Å². The van der Waals surface area contributed by atoms with Crippen molar-refractivity contribution in [2.45, 2.75) is 32.3 Å². The van der Waals surface area contributed by atoms with Gasteiger partial charge >= 0.3 is 5.97 Å². The molecule has 29 heavy (non-hydrogen) atoms. The Morgan fingerprint density at radius 3 is 2.28 bits per heavy atom. The zero-order chi connectivity index (χ0) is 21.0. The van der Waals surface area contributed by atoms with Crippen molar-refractivity contribution in [2.75, 3.05) is 0 Å². The third-order valence-corrected chi connectivity index (χ3v) is 7.51. The average molecular weight is 446 g/mol. The Bertz CT molecular complexity index is 1130. The molecule has 0 saturated heterocycles. The van der Waals surface area contributed by atoms with Gasteiger partial charge in [0, 0.05) is 20.4 Å². The van der Waals surface area contributed by atoms with Crippen LogP contribution in [0.5, 0.6) is 0 Å². The van der Waals surface area contributed by atoms with E-state index in [-0.39, 0.29) is 10.5 Å². The summed E-state index contributed by atoms with van der Waals surface area (Å²) in [6.45, 7) is 1.97. The second kappa shape index (κ2) is 9.04. The van der Waals surface area contributed by atoms with Gasteiger partial charge in [-0.15, -0.1) is 11.8 Å². The van der Waals surface area contributed by atoms with Crippen molar-refractivity contribution in [1.29, 1.82) is 0 Å². The van der Waals surface area contributed by atoms with Crippen molar-refractivity contribution in [3.05, 3.63) is 83.4 Å². The van der Waals surface area contributed by atoms with Crippen molar-refractivity contribution >= 4 is 39.5 Å². The lowest BCUT2D eigenvalue weighted by Gasteiger charge is -2.15. The minimum atomic E-state index is -4.12. The third-order valence-electron chi connectivity index (χ3n) is 4.05. The number of thioether (sulfide) groups is 1. The number of primary sulfonamides is 1. The second-order valence-electron chi connectivity index (χ2n) is 6.34. The fourth-order valence-electron chi connectivity index (χ4n) is 2.58. The van der Waals surface area contributed by atoms with E-state index in [2.05, 4.69) is 0 Å².